The molecule has 0 bridgehead atoms. The molecule has 0 atom stereocenters. The Hall–Kier alpha value is -1.72. The maximum Gasteiger partial charge on any atom is 0.0710 e. The van der Waals surface area contributed by atoms with Crippen LogP contribution < -0.4 is 5.32 Å². The number of rotatable bonds is 5. The van der Waals surface area contributed by atoms with Crippen LogP contribution in [0.2, 0.25) is 0 Å². The highest BCUT2D eigenvalue weighted by Crippen LogP contribution is 2.20. The number of nitrogens with one attached hydrogen (secondary N) is 2. The van der Waals surface area contributed by atoms with Gasteiger partial charge in [0.05, 0.1) is 11.9 Å². The molecule has 1 saturated heterocycles. The molecule has 1 aliphatic heterocycles. The molecule has 2 aromatic heterocycles. The zero-order chi connectivity index (χ0) is 13.6. The van der Waals surface area contributed by atoms with E-state index in [4.69, 9.17) is 4.74 Å². The van der Waals surface area contributed by atoms with Gasteiger partial charge in [-0.1, -0.05) is 0 Å². The topological polar surface area (TPSA) is 62.8 Å². The largest absolute Gasteiger partial charge is 0.381 e. The molecule has 0 aromatic carbocycles. The van der Waals surface area contributed by atoms with Gasteiger partial charge in [-0.05, 0) is 37.4 Å². The maximum atomic E-state index is 5.38. The molecule has 2 N–H and O–H groups in total. The summed E-state index contributed by atoms with van der Waals surface area (Å²) in [6.07, 6.45) is 7.85. The average molecular weight is 272 g/mol. The Bertz CT molecular complexity index is 520. The zero-order valence-electron chi connectivity index (χ0n) is 11.5. The van der Waals surface area contributed by atoms with Gasteiger partial charge in [-0.15, -0.1) is 0 Å². The Labute approximate surface area is 118 Å². The first-order chi connectivity index (χ1) is 9.93. The average Bonchev–Trinajstić information content (AvgIpc) is 2.98. The molecule has 1 fully saturated rings. The number of nitrogens with zero attached hydrogens (tertiary/aromatic N) is 2. The number of H-pyrrole nitrogens is 1. The Morgan fingerprint density at radius 2 is 2.20 bits per heavy atom. The molecule has 3 rings (SSSR count). The third-order valence-corrected chi connectivity index (χ3v) is 3.76. The van der Waals surface area contributed by atoms with Gasteiger partial charge in [-0.3, -0.25) is 10.1 Å². The van der Waals surface area contributed by atoms with Crippen molar-refractivity contribution in [3.8, 4) is 11.3 Å². The molecule has 0 unspecified atom stereocenters. The van der Waals surface area contributed by atoms with Gasteiger partial charge in [-0.2, -0.15) is 5.10 Å². The number of hydrogen-bond acceptors (Lipinski definition) is 4. The molecule has 0 spiro atoms. The van der Waals surface area contributed by atoms with Crippen LogP contribution in [0.15, 0.2) is 30.7 Å². The van der Waals surface area contributed by atoms with Crippen molar-refractivity contribution < 1.29 is 4.74 Å². The lowest BCUT2D eigenvalue weighted by molar-refractivity contribution is 0.0662. The number of aromatic amines is 1. The Kier molecular flexibility index (Phi) is 4.40. The smallest absolute Gasteiger partial charge is 0.0710 e. The van der Waals surface area contributed by atoms with E-state index >= 15 is 0 Å². The minimum atomic E-state index is 0.734. The molecule has 5 nitrogen and oxygen atoms in total. The third kappa shape index (κ3) is 3.23. The van der Waals surface area contributed by atoms with Gasteiger partial charge < -0.3 is 10.1 Å². The summed E-state index contributed by atoms with van der Waals surface area (Å²) in [5.41, 5.74) is 3.32. The molecule has 1 aliphatic rings. The molecule has 2 aromatic rings. The molecule has 0 aliphatic carbocycles. The lowest BCUT2D eigenvalue weighted by Gasteiger charge is -2.22. The van der Waals surface area contributed by atoms with Crippen LogP contribution in [-0.4, -0.2) is 34.9 Å². The molecule has 20 heavy (non-hydrogen) atoms. The third-order valence-electron chi connectivity index (χ3n) is 3.76. The molecule has 5 heteroatoms. The SMILES string of the molecule is c1cncc(-c2[nH]ncc2CNCC2CCOCC2)c1. The van der Waals surface area contributed by atoms with Gasteiger partial charge in [0.25, 0.3) is 0 Å². The first-order valence-electron chi connectivity index (χ1n) is 7.14. The van der Waals surface area contributed by atoms with E-state index in [1.165, 1.54) is 5.56 Å². The number of hydrogen-bond donors (Lipinski definition) is 2. The van der Waals surface area contributed by atoms with Crippen molar-refractivity contribution in [2.45, 2.75) is 19.4 Å². The Morgan fingerprint density at radius 1 is 1.30 bits per heavy atom. The van der Waals surface area contributed by atoms with Crippen molar-refractivity contribution in [3.63, 3.8) is 0 Å². The highest BCUT2D eigenvalue weighted by Gasteiger charge is 2.14. The summed E-state index contributed by atoms with van der Waals surface area (Å²) < 4.78 is 5.38. The fourth-order valence-corrected chi connectivity index (χ4v) is 2.57. The van der Waals surface area contributed by atoms with Crippen LogP contribution in [0.1, 0.15) is 18.4 Å². The fourth-order valence-electron chi connectivity index (χ4n) is 2.57. The first-order valence-corrected chi connectivity index (χ1v) is 7.14. The van der Waals surface area contributed by atoms with E-state index in [0.717, 1.165) is 56.3 Å². The normalized spacial score (nSPS) is 16.4. The lowest BCUT2D eigenvalue weighted by atomic mass is 10.0. The van der Waals surface area contributed by atoms with Crippen molar-refractivity contribution in [2.24, 2.45) is 5.92 Å². The second-order valence-corrected chi connectivity index (χ2v) is 5.20. The van der Waals surface area contributed by atoms with E-state index in [2.05, 4.69) is 20.5 Å². The Morgan fingerprint density at radius 3 is 3.00 bits per heavy atom. The minimum absolute atomic E-state index is 0.734. The van der Waals surface area contributed by atoms with Crippen LogP contribution in [0.5, 0.6) is 0 Å². The highest BCUT2D eigenvalue weighted by molar-refractivity contribution is 5.61. The van der Waals surface area contributed by atoms with E-state index in [9.17, 15) is 0 Å². The summed E-state index contributed by atoms with van der Waals surface area (Å²) in [7, 11) is 0. The standard InChI is InChI=1S/C15H20N4O/c1-2-13(9-16-5-1)15-14(11-18-19-15)10-17-8-12-3-6-20-7-4-12/h1-2,5,9,11-12,17H,3-4,6-8,10H2,(H,18,19). The predicted molar refractivity (Wildman–Crippen MR) is 77.1 cm³/mol. The van der Waals surface area contributed by atoms with Crippen molar-refractivity contribution in [2.75, 3.05) is 19.8 Å². The van der Waals surface area contributed by atoms with Crippen molar-refractivity contribution in [1.82, 2.24) is 20.5 Å². The van der Waals surface area contributed by atoms with Gasteiger partial charge in [0, 0.05) is 43.3 Å². The quantitative estimate of drug-likeness (QED) is 0.873. The number of pyridine rings is 1. The summed E-state index contributed by atoms with van der Waals surface area (Å²) in [6, 6.07) is 3.98. The van der Waals surface area contributed by atoms with E-state index in [0.29, 0.717) is 0 Å². The highest BCUT2D eigenvalue weighted by atomic mass is 16.5. The van der Waals surface area contributed by atoms with E-state index < -0.39 is 0 Å². The van der Waals surface area contributed by atoms with Gasteiger partial charge >= 0.3 is 0 Å². The minimum Gasteiger partial charge on any atom is -0.381 e. The van der Waals surface area contributed by atoms with Gasteiger partial charge in [-0.25, -0.2) is 0 Å². The monoisotopic (exact) mass is 272 g/mol. The van der Waals surface area contributed by atoms with Crippen LogP contribution >= 0.6 is 0 Å². The van der Waals surface area contributed by atoms with Gasteiger partial charge in [0.15, 0.2) is 0 Å². The van der Waals surface area contributed by atoms with Crippen LogP contribution in [0.3, 0.4) is 0 Å². The summed E-state index contributed by atoms with van der Waals surface area (Å²) in [4.78, 5) is 4.15. The molecule has 0 radical (unpaired) electrons. The molecular weight excluding hydrogens is 252 g/mol. The summed E-state index contributed by atoms with van der Waals surface area (Å²) in [5.74, 6) is 0.734. The van der Waals surface area contributed by atoms with Crippen molar-refractivity contribution >= 4 is 0 Å². The summed E-state index contributed by atoms with van der Waals surface area (Å²) in [5, 5.41) is 10.7. The van der Waals surface area contributed by atoms with Gasteiger partial charge in [0.1, 0.15) is 0 Å². The molecule has 0 amide bonds. The second kappa shape index (κ2) is 6.63. The summed E-state index contributed by atoms with van der Waals surface area (Å²) in [6.45, 7) is 3.68. The number of ether oxygens (including phenoxy) is 1. The van der Waals surface area contributed by atoms with Crippen LogP contribution in [0.4, 0.5) is 0 Å². The first kappa shape index (κ1) is 13.3. The fraction of sp³-hybridized carbons (Fsp3) is 0.467. The van der Waals surface area contributed by atoms with Gasteiger partial charge in [0.2, 0.25) is 0 Å². The van der Waals surface area contributed by atoms with Crippen LogP contribution in [0.25, 0.3) is 11.3 Å². The molecule has 3 heterocycles. The Balaban J connectivity index is 1.57. The lowest BCUT2D eigenvalue weighted by Crippen LogP contribution is -2.27. The number of aromatic nitrogens is 3. The summed E-state index contributed by atoms with van der Waals surface area (Å²) >= 11 is 0. The predicted octanol–water partition coefficient (Wildman–Crippen LogP) is 1.99. The van der Waals surface area contributed by atoms with E-state index in [1.54, 1.807) is 6.20 Å². The van der Waals surface area contributed by atoms with E-state index in [-0.39, 0.29) is 0 Å². The maximum absolute atomic E-state index is 5.38. The van der Waals surface area contributed by atoms with Crippen LogP contribution in [-0.2, 0) is 11.3 Å². The second-order valence-electron chi connectivity index (χ2n) is 5.20. The van der Waals surface area contributed by atoms with E-state index in [1.807, 2.05) is 24.5 Å². The molecular formula is C15H20N4O. The van der Waals surface area contributed by atoms with Crippen molar-refractivity contribution in [3.05, 3.63) is 36.3 Å². The van der Waals surface area contributed by atoms with Crippen LogP contribution in [0, 0.1) is 5.92 Å². The van der Waals surface area contributed by atoms with Crippen molar-refractivity contribution in [1.29, 1.82) is 0 Å². The molecule has 0 saturated carbocycles. The zero-order valence-corrected chi connectivity index (χ0v) is 11.5. The molecule has 106 valence electrons.